The maximum Gasteiger partial charge on any atom is 0.407 e. The summed E-state index contributed by atoms with van der Waals surface area (Å²) in [6, 6.07) is 15.9. The van der Waals surface area contributed by atoms with Gasteiger partial charge in [-0.15, -0.1) is 0 Å². The van der Waals surface area contributed by atoms with E-state index in [0.717, 1.165) is 24.1 Å². The SMILES string of the molecule is O=C(Nc1ccc(Cl)cc1)c1cccn(C2CCc3c2cccc3N2CCN(C(=O)O)CC2)c1=O. The molecule has 3 aromatic rings. The summed E-state index contributed by atoms with van der Waals surface area (Å²) in [4.78, 5) is 41.1. The Kier molecular flexibility index (Phi) is 6.21. The standard InChI is InChI=1S/C26H25ClN4O4/c27-17-6-8-18(9-7-17)28-24(32)21-4-2-12-31(25(21)33)23-11-10-20-19(23)3-1-5-22(20)29-13-15-30(16-14-29)26(34)35/h1-9,12,23H,10-11,13-16H2,(H,28,32)(H,34,35). The first-order valence-electron chi connectivity index (χ1n) is 11.5. The lowest BCUT2D eigenvalue weighted by molar-refractivity contribution is 0.102. The predicted molar refractivity (Wildman–Crippen MR) is 135 cm³/mol. The maximum atomic E-state index is 13.3. The zero-order chi connectivity index (χ0) is 24.5. The zero-order valence-electron chi connectivity index (χ0n) is 19.0. The first kappa shape index (κ1) is 23.0. The number of pyridine rings is 1. The third-order valence-electron chi connectivity index (χ3n) is 6.76. The fraction of sp³-hybridized carbons (Fsp3) is 0.269. The van der Waals surface area contributed by atoms with E-state index in [1.807, 2.05) is 12.1 Å². The number of hydrogen-bond acceptors (Lipinski definition) is 4. The second kappa shape index (κ2) is 9.46. The molecule has 2 aliphatic rings. The van der Waals surface area contributed by atoms with Crippen molar-refractivity contribution in [2.45, 2.75) is 18.9 Å². The van der Waals surface area contributed by atoms with Crippen LogP contribution >= 0.6 is 11.6 Å². The number of aromatic nitrogens is 1. The van der Waals surface area contributed by atoms with Crippen LogP contribution < -0.4 is 15.8 Å². The van der Waals surface area contributed by atoms with E-state index in [-0.39, 0.29) is 17.2 Å². The lowest BCUT2D eigenvalue weighted by Gasteiger charge is -2.35. The number of halogens is 1. The van der Waals surface area contributed by atoms with Crippen LogP contribution in [0.1, 0.15) is 33.9 Å². The average Bonchev–Trinajstić information content (AvgIpc) is 3.30. The van der Waals surface area contributed by atoms with Crippen LogP contribution in [0.15, 0.2) is 65.6 Å². The van der Waals surface area contributed by atoms with Crippen molar-refractivity contribution >= 4 is 35.0 Å². The van der Waals surface area contributed by atoms with Gasteiger partial charge in [0.25, 0.3) is 11.5 Å². The molecule has 2 amide bonds. The zero-order valence-corrected chi connectivity index (χ0v) is 19.7. The Bertz CT molecular complexity index is 1330. The predicted octanol–water partition coefficient (Wildman–Crippen LogP) is 4.09. The average molecular weight is 493 g/mol. The highest BCUT2D eigenvalue weighted by molar-refractivity contribution is 6.30. The smallest absolute Gasteiger partial charge is 0.407 e. The Labute approximate surface area is 207 Å². The molecule has 1 atom stereocenters. The summed E-state index contributed by atoms with van der Waals surface area (Å²) < 4.78 is 1.65. The van der Waals surface area contributed by atoms with Gasteiger partial charge in [0, 0.05) is 48.8 Å². The van der Waals surface area contributed by atoms with Crippen LogP contribution in [-0.4, -0.2) is 52.8 Å². The number of anilines is 2. The van der Waals surface area contributed by atoms with Gasteiger partial charge in [0.2, 0.25) is 0 Å². The van der Waals surface area contributed by atoms with Crippen LogP contribution in [0.4, 0.5) is 16.2 Å². The fourth-order valence-electron chi connectivity index (χ4n) is 5.00. The molecule has 0 radical (unpaired) electrons. The van der Waals surface area contributed by atoms with Crippen LogP contribution in [0.3, 0.4) is 0 Å². The number of hydrogen-bond donors (Lipinski definition) is 2. The minimum absolute atomic E-state index is 0.0804. The Morgan fingerprint density at radius 2 is 1.71 bits per heavy atom. The first-order valence-corrected chi connectivity index (χ1v) is 11.9. The second-order valence-corrected chi connectivity index (χ2v) is 9.19. The number of carbonyl (C=O) groups is 2. The normalized spacial score (nSPS) is 17.2. The molecule has 0 bridgehead atoms. The Morgan fingerprint density at radius 1 is 0.971 bits per heavy atom. The number of carbonyl (C=O) groups excluding carboxylic acids is 1. The van der Waals surface area contributed by atoms with Gasteiger partial charge < -0.3 is 24.8 Å². The number of nitrogens with zero attached hydrogens (tertiary/aromatic N) is 3. The fourth-order valence-corrected chi connectivity index (χ4v) is 5.12. The molecule has 1 aliphatic heterocycles. The first-order chi connectivity index (χ1) is 16.9. The third-order valence-corrected chi connectivity index (χ3v) is 7.01. The molecule has 0 spiro atoms. The van der Waals surface area contributed by atoms with E-state index in [1.54, 1.807) is 41.1 Å². The Morgan fingerprint density at radius 3 is 2.43 bits per heavy atom. The van der Waals surface area contributed by atoms with Crippen molar-refractivity contribution in [2.24, 2.45) is 0 Å². The minimum Gasteiger partial charge on any atom is -0.465 e. The van der Waals surface area contributed by atoms with Crippen molar-refractivity contribution in [1.82, 2.24) is 9.47 Å². The minimum atomic E-state index is -0.887. The van der Waals surface area contributed by atoms with Crippen LogP contribution in [0.2, 0.25) is 5.02 Å². The summed E-state index contributed by atoms with van der Waals surface area (Å²) in [5, 5.41) is 12.6. The van der Waals surface area contributed by atoms with E-state index in [0.29, 0.717) is 36.9 Å². The highest BCUT2D eigenvalue weighted by Gasteiger charge is 2.30. The molecule has 2 heterocycles. The van der Waals surface area contributed by atoms with Gasteiger partial charge in [0.05, 0.1) is 6.04 Å². The molecule has 1 saturated heterocycles. The van der Waals surface area contributed by atoms with Crippen molar-refractivity contribution in [3.8, 4) is 0 Å². The summed E-state index contributed by atoms with van der Waals surface area (Å²) in [5.74, 6) is -0.463. The number of amides is 2. The summed E-state index contributed by atoms with van der Waals surface area (Å²) in [5.41, 5.74) is 3.66. The highest BCUT2D eigenvalue weighted by Crippen LogP contribution is 2.39. The molecule has 2 N–H and O–H groups in total. The molecule has 8 nitrogen and oxygen atoms in total. The van der Waals surface area contributed by atoms with Gasteiger partial charge in [-0.2, -0.15) is 0 Å². The molecule has 9 heteroatoms. The van der Waals surface area contributed by atoms with Gasteiger partial charge in [0.15, 0.2) is 0 Å². The quantitative estimate of drug-likeness (QED) is 0.572. The summed E-state index contributed by atoms with van der Waals surface area (Å²) >= 11 is 5.91. The molecule has 35 heavy (non-hydrogen) atoms. The van der Waals surface area contributed by atoms with Crippen molar-refractivity contribution in [2.75, 3.05) is 36.4 Å². The molecule has 180 valence electrons. The van der Waals surface area contributed by atoms with E-state index >= 15 is 0 Å². The molecule has 1 aliphatic carbocycles. The molecular weight excluding hydrogens is 468 g/mol. The molecule has 0 saturated carbocycles. The van der Waals surface area contributed by atoms with E-state index in [1.165, 1.54) is 16.5 Å². The van der Waals surface area contributed by atoms with Crippen LogP contribution in [0.5, 0.6) is 0 Å². The summed E-state index contributed by atoms with van der Waals surface area (Å²) in [6.45, 7) is 2.20. The molecule has 1 unspecified atom stereocenters. The number of benzene rings is 2. The monoisotopic (exact) mass is 492 g/mol. The lowest BCUT2D eigenvalue weighted by Crippen LogP contribution is -2.48. The molecule has 1 fully saturated rings. The second-order valence-electron chi connectivity index (χ2n) is 8.75. The van der Waals surface area contributed by atoms with Gasteiger partial charge in [-0.05, 0) is 66.4 Å². The van der Waals surface area contributed by atoms with Crippen LogP contribution in [0, 0.1) is 0 Å². The van der Waals surface area contributed by atoms with Crippen molar-refractivity contribution in [3.63, 3.8) is 0 Å². The van der Waals surface area contributed by atoms with E-state index < -0.39 is 12.0 Å². The van der Waals surface area contributed by atoms with Crippen LogP contribution in [-0.2, 0) is 6.42 Å². The molecule has 2 aromatic carbocycles. The number of nitrogens with one attached hydrogen (secondary N) is 1. The van der Waals surface area contributed by atoms with Gasteiger partial charge in [-0.3, -0.25) is 9.59 Å². The number of piperazine rings is 1. The van der Waals surface area contributed by atoms with Crippen molar-refractivity contribution in [3.05, 3.63) is 92.9 Å². The molecular formula is C26H25ClN4O4. The van der Waals surface area contributed by atoms with E-state index in [9.17, 15) is 19.5 Å². The van der Waals surface area contributed by atoms with Crippen molar-refractivity contribution in [1.29, 1.82) is 0 Å². The van der Waals surface area contributed by atoms with E-state index in [2.05, 4.69) is 16.3 Å². The number of fused-ring (bicyclic) bond motifs is 1. The van der Waals surface area contributed by atoms with Gasteiger partial charge in [0.1, 0.15) is 5.56 Å². The topological polar surface area (TPSA) is 94.9 Å². The lowest BCUT2D eigenvalue weighted by atomic mass is 10.0. The maximum absolute atomic E-state index is 13.3. The van der Waals surface area contributed by atoms with Gasteiger partial charge >= 0.3 is 6.09 Å². The Hall–Kier alpha value is -3.78. The van der Waals surface area contributed by atoms with Gasteiger partial charge in [-0.25, -0.2) is 4.79 Å². The number of carboxylic acid groups (broad SMARTS) is 1. The highest BCUT2D eigenvalue weighted by atomic mass is 35.5. The van der Waals surface area contributed by atoms with E-state index in [4.69, 9.17) is 11.6 Å². The molecule has 1 aromatic heterocycles. The van der Waals surface area contributed by atoms with Crippen LogP contribution in [0.25, 0.3) is 0 Å². The van der Waals surface area contributed by atoms with Crippen molar-refractivity contribution < 1.29 is 14.7 Å². The summed E-state index contributed by atoms with van der Waals surface area (Å²) in [6.07, 6.45) is 2.41. The number of rotatable bonds is 4. The largest absolute Gasteiger partial charge is 0.465 e. The summed E-state index contributed by atoms with van der Waals surface area (Å²) in [7, 11) is 0. The Balaban J connectivity index is 1.40. The van der Waals surface area contributed by atoms with Gasteiger partial charge in [-0.1, -0.05) is 23.7 Å². The molecule has 5 rings (SSSR count). The third kappa shape index (κ3) is 4.49.